The van der Waals surface area contributed by atoms with E-state index in [1.54, 1.807) is 0 Å². The minimum absolute atomic E-state index is 0.0365. The molecule has 0 aromatic rings. The normalized spacial score (nSPS) is 14.1. The number of phosphoric ester groups is 1. The summed E-state index contributed by atoms with van der Waals surface area (Å²) in [5, 5.41) is 0. The summed E-state index contributed by atoms with van der Waals surface area (Å²) in [7, 11) is 1.14. The Bertz CT molecular complexity index is 1070. The third-order valence-corrected chi connectivity index (χ3v) is 9.79. The highest BCUT2D eigenvalue weighted by molar-refractivity contribution is 7.45. The van der Waals surface area contributed by atoms with E-state index in [2.05, 4.69) is 62.5 Å². The van der Waals surface area contributed by atoms with Crippen molar-refractivity contribution in [3.8, 4) is 0 Å². The number of allylic oxidation sites excluding steroid dienone is 8. The highest BCUT2D eigenvalue weighted by Gasteiger charge is 2.21. The van der Waals surface area contributed by atoms with E-state index in [1.165, 1.54) is 38.5 Å². The molecule has 0 rings (SSSR count). The van der Waals surface area contributed by atoms with Crippen LogP contribution in [0.5, 0.6) is 0 Å². The van der Waals surface area contributed by atoms with E-state index in [1.807, 2.05) is 21.1 Å². The highest BCUT2D eigenvalue weighted by Crippen LogP contribution is 2.38. The van der Waals surface area contributed by atoms with E-state index in [4.69, 9.17) is 18.5 Å². The van der Waals surface area contributed by atoms with Crippen LogP contribution in [0.2, 0.25) is 0 Å². The van der Waals surface area contributed by atoms with Gasteiger partial charge in [-0.05, 0) is 70.6 Å². The average molecular weight is 782 g/mol. The highest BCUT2D eigenvalue weighted by atomic mass is 31.2. The quantitative estimate of drug-likeness (QED) is 0.0200. The van der Waals surface area contributed by atoms with Gasteiger partial charge in [-0.25, -0.2) is 0 Å². The molecule has 0 saturated carbocycles. The predicted molar refractivity (Wildman–Crippen MR) is 222 cm³/mol. The third-order valence-electron chi connectivity index (χ3n) is 8.82. The number of nitrogens with zero attached hydrogens (tertiary/aromatic N) is 1. The number of hydrogen-bond donors (Lipinski definition) is 0. The Kier molecular flexibility index (Phi) is 35.2. The average Bonchev–Trinajstić information content (AvgIpc) is 3.12. The van der Waals surface area contributed by atoms with Gasteiger partial charge < -0.3 is 27.9 Å². The Hall–Kier alpha value is -2.03. The summed E-state index contributed by atoms with van der Waals surface area (Å²) in [6.45, 7) is 4.12. The maximum absolute atomic E-state index is 12.7. The van der Waals surface area contributed by atoms with Crippen LogP contribution in [-0.2, 0) is 32.7 Å². The first-order valence-corrected chi connectivity index (χ1v) is 22.8. The molecule has 0 bridgehead atoms. The Morgan fingerprint density at radius 3 is 1.56 bits per heavy atom. The van der Waals surface area contributed by atoms with Gasteiger partial charge in [0, 0.05) is 12.8 Å². The molecular weight excluding hydrogens is 701 g/mol. The molecule has 0 N–H and O–H groups in total. The number of ether oxygens (including phenoxy) is 2. The van der Waals surface area contributed by atoms with Crippen LogP contribution in [0.4, 0.5) is 0 Å². The van der Waals surface area contributed by atoms with Crippen LogP contribution >= 0.6 is 7.82 Å². The zero-order chi connectivity index (χ0) is 40.0. The van der Waals surface area contributed by atoms with Crippen molar-refractivity contribution in [2.75, 3.05) is 47.5 Å². The van der Waals surface area contributed by atoms with E-state index in [0.29, 0.717) is 23.9 Å². The fourth-order valence-corrected chi connectivity index (χ4v) is 6.13. The zero-order valence-electron chi connectivity index (χ0n) is 35.2. The number of esters is 2. The molecule has 0 aromatic heterocycles. The third kappa shape index (κ3) is 39.7. The van der Waals surface area contributed by atoms with Gasteiger partial charge in [0.2, 0.25) is 0 Å². The van der Waals surface area contributed by atoms with E-state index >= 15 is 0 Å². The SMILES string of the molecule is CCCC/C=C\CCCCCCCC(=O)OCC(COP(=O)([O-])OCC[N+](C)(C)C)OC(=O)CCCCCCCC/C=C\C/C=C\C/C=C\CCCCC. The van der Waals surface area contributed by atoms with Crippen LogP contribution in [0, 0.1) is 0 Å². The lowest BCUT2D eigenvalue weighted by molar-refractivity contribution is -0.870. The summed E-state index contributed by atoms with van der Waals surface area (Å²) in [6, 6.07) is 0. The molecule has 0 aromatic carbocycles. The molecule has 0 fully saturated rings. The number of rotatable bonds is 38. The molecule has 0 aliphatic heterocycles. The molecule has 0 aliphatic rings. The van der Waals surface area contributed by atoms with E-state index in [0.717, 1.165) is 89.9 Å². The molecule has 0 spiro atoms. The van der Waals surface area contributed by atoms with Crippen molar-refractivity contribution < 1.29 is 42.1 Å². The van der Waals surface area contributed by atoms with Gasteiger partial charge in [-0.15, -0.1) is 0 Å². The van der Waals surface area contributed by atoms with Gasteiger partial charge in [0.05, 0.1) is 27.7 Å². The Balaban J connectivity index is 4.39. The number of carbonyl (C=O) groups excluding carboxylic acids is 2. The summed E-state index contributed by atoms with van der Waals surface area (Å²) in [4.78, 5) is 37.4. The van der Waals surface area contributed by atoms with Crippen molar-refractivity contribution in [3.63, 3.8) is 0 Å². The minimum Gasteiger partial charge on any atom is -0.756 e. The molecule has 0 heterocycles. The summed E-state index contributed by atoms with van der Waals surface area (Å²) >= 11 is 0. The number of unbranched alkanes of at least 4 members (excludes halogenated alkanes) is 16. The molecule has 0 amide bonds. The topological polar surface area (TPSA) is 111 Å². The van der Waals surface area contributed by atoms with E-state index < -0.39 is 32.5 Å². The molecule has 0 saturated heterocycles. The van der Waals surface area contributed by atoms with Crippen LogP contribution in [0.15, 0.2) is 48.6 Å². The Morgan fingerprint density at radius 2 is 1.02 bits per heavy atom. The lowest BCUT2D eigenvalue weighted by atomic mass is 10.1. The second kappa shape index (κ2) is 36.6. The lowest BCUT2D eigenvalue weighted by Crippen LogP contribution is -2.37. The fourth-order valence-electron chi connectivity index (χ4n) is 5.41. The first kappa shape index (κ1) is 52.0. The van der Waals surface area contributed by atoms with Crippen molar-refractivity contribution in [1.29, 1.82) is 0 Å². The van der Waals surface area contributed by atoms with Crippen molar-refractivity contribution in [2.24, 2.45) is 0 Å². The van der Waals surface area contributed by atoms with Crippen molar-refractivity contribution >= 4 is 19.8 Å². The summed E-state index contributed by atoms with van der Waals surface area (Å²) in [5.41, 5.74) is 0. The number of phosphoric acid groups is 1. The van der Waals surface area contributed by atoms with Gasteiger partial charge in [-0.1, -0.05) is 133 Å². The monoisotopic (exact) mass is 782 g/mol. The van der Waals surface area contributed by atoms with E-state index in [9.17, 15) is 19.0 Å². The number of likely N-dealkylation sites (N-methyl/N-ethyl adjacent to an activating group) is 1. The molecular formula is C44H80NO8P. The first-order valence-electron chi connectivity index (χ1n) is 21.3. The smallest absolute Gasteiger partial charge is 0.306 e. The van der Waals surface area contributed by atoms with E-state index in [-0.39, 0.29) is 26.1 Å². The van der Waals surface area contributed by atoms with Crippen LogP contribution in [0.1, 0.15) is 168 Å². The van der Waals surface area contributed by atoms with Crippen LogP contribution in [-0.4, -0.2) is 70.0 Å². The Morgan fingerprint density at radius 1 is 0.574 bits per heavy atom. The fraction of sp³-hybridized carbons (Fsp3) is 0.773. The van der Waals surface area contributed by atoms with Gasteiger partial charge in [-0.3, -0.25) is 14.2 Å². The van der Waals surface area contributed by atoms with Gasteiger partial charge >= 0.3 is 11.9 Å². The molecule has 2 atom stereocenters. The van der Waals surface area contributed by atoms with Gasteiger partial charge in [-0.2, -0.15) is 0 Å². The first-order chi connectivity index (χ1) is 26.0. The second-order valence-electron chi connectivity index (χ2n) is 15.3. The molecule has 54 heavy (non-hydrogen) atoms. The summed E-state index contributed by atoms with van der Waals surface area (Å²) in [6.07, 6.45) is 41.3. The zero-order valence-corrected chi connectivity index (χ0v) is 36.0. The predicted octanol–water partition coefficient (Wildman–Crippen LogP) is 11.3. The Labute approximate surface area is 331 Å². The molecule has 314 valence electrons. The van der Waals surface area contributed by atoms with Crippen molar-refractivity contribution in [3.05, 3.63) is 48.6 Å². The summed E-state index contributed by atoms with van der Waals surface area (Å²) in [5.74, 6) is -0.864. The molecule has 9 nitrogen and oxygen atoms in total. The maximum atomic E-state index is 12.7. The van der Waals surface area contributed by atoms with Crippen LogP contribution in [0.25, 0.3) is 0 Å². The largest absolute Gasteiger partial charge is 0.756 e. The number of carbonyl (C=O) groups is 2. The number of hydrogen-bond acceptors (Lipinski definition) is 8. The van der Waals surface area contributed by atoms with Gasteiger partial charge in [0.15, 0.2) is 6.10 Å². The number of quaternary nitrogens is 1. The minimum atomic E-state index is -4.63. The van der Waals surface area contributed by atoms with Gasteiger partial charge in [0.1, 0.15) is 19.8 Å². The van der Waals surface area contributed by atoms with Crippen molar-refractivity contribution in [2.45, 2.75) is 174 Å². The second-order valence-corrected chi connectivity index (χ2v) is 16.8. The summed E-state index contributed by atoms with van der Waals surface area (Å²) < 4.78 is 33.8. The molecule has 10 heteroatoms. The standard InChI is InChI=1S/C44H80NO8P/c1-6-8-10-12-14-16-18-19-20-21-22-23-24-25-27-29-31-33-35-37-44(47)53-42(41-52-54(48,49)51-39-38-45(3,4)5)40-50-43(46)36-34-32-30-28-26-17-15-13-11-9-7-2/h13-16,19-20,22-23,42H,6-12,17-18,21,24-41H2,1-5H3/b15-13-,16-14-,20-19-,23-22-. The molecule has 0 aliphatic carbocycles. The van der Waals surface area contributed by atoms with Crippen LogP contribution < -0.4 is 4.89 Å². The molecule has 0 radical (unpaired) electrons. The van der Waals surface area contributed by atoms with Crippen molar-refractivity contribution in [1.82, 2.24) is 0 Å². The van der Waals surface area contributed by atoms with Crippen LogP contribution in [0.3, 0.4) is 0 Å². The maximum Gasteiger partial charge on any atom is 0.306 e. The van der Waals surface area contributed by atoms with Gasteiger partial charge in [0.25, 0.3) is 7.82 Å². The lowest BCUT2D eigenvalue weighted by Gasteiger charge is -2.28. The molecule has 2 unspecified atom stereocenters.